The Morgan fingerprint density at radius 2 is 1.86 bits per heavy atom. The van der Waals surface area contributed by atoms with Crippen molar-refractivity contribution in [1.82, 2.24) is 9.78 Å². The average Bonchev–Trinajstić information content (AvgIpc) is 2.77. The van der Waals surface area contributed by atoms with E-state index in [-0.39, 0.29) is 10.0 Å². The van der Waals surface area contributed by atoms with Gasteiger partial charge in [-0.2, -0.15) is 5.10 Å². The minimum Gasteiger partial charge on any atom is -0.494 e. The molecule has 0 bridgehead atoms. The summed E-state index contributed by atoms with van der Waals surface area (Å²) in [5.74, 6) is 0.713. The van der Waals surface area contributed by atoms with E-state index in [0.29, 0.717) is 30.2 Å². The van der Waals surface area contributed by atoms with Gasteiger partial charge in [-0.25, -0.2) is 13.1 Å². The van der Waals surface area contributed by atoms with Crippen molar-refractivity contribution in [3.8, 4) is 11.4 Å². The fraction of sp³-hybridized carbons (Fsp3) is 0.308. The van der Waals surface area contributed by atoms with Crippen LogP contribution in [-0.2, 0) is 15.5 Å². The van der Waals surface area contributed by atoms with E-state index in [2.05, 4.69) is 5.10 Å². The molecule has 0 unspecified atom stereocenters. The number of aromatic nitrogens is 2. The Morgan fingerprint density at radius 3 is 2.29 bits per heavy atom. The van der Waals surface area contributed by atoms with E-state index in [1.165, 1.54) is 4.68 Å². The van der Waals surface area contributed by atoms with Gasteiger partial charge in [0.05, 0.1) is 18.0 Å². The molecule has 0 radical (unpaired) electrons. The van der Waals surface area contributed by atoms with Crippen LogP contribution in [0, 0.1) is 0 Å². The predicted molar refractivity (Wildman–Crippen MR) is 82.2 cm³/mol. The summed E-state index contributed by atoms with van der Waals surface area (Å²) < 4.78 is 30.0. The van der Waals surface area contributed by atoms with Crippen molar-refractivity contribution in [2.24, 2.45) is 0 Å². The monoisotopic (exact) mass is 348 g/mol. The van der Waals surface area contributed by atoms with Crippen LogP contribution < -0.4 is 4.74 Å². The quantitative estimate of drug-likeness (QED) is 0.776. The third-order valence-electron chi connectivity index (χ3n) is 2.83. The second-order valence-electron chi connectivity index (χ2n) is 4.20. The summed E-state index contributed by atoms with van der Waals surface area (Å²) in [7, 11) is 1.48. The molecule has 2 rings (SSSR count). The third-order valence-corrected chi connectivity index (χ3v) is 4.67. The standard InChI is InChI=1S/C13H14Cl2N2O3S/c1-3-11-12(21(15,18)19)13(14)17(16-11)9-5-7-10(8-6-9)20-4-2/h5-8H,3-4H2,1-2H3. The SMILES string of the molecule is CCOc1ccc(-n2nc(CC)c(S(=O)(=O)Cl)c2Cl)cc1. The van der Waals surface area contributed by atoms with Gasteiger partial charge in [0.15, 0.2) is 5.15 Å². The fourth-order valence-electron chi connectivity index (χ4n) is 1.92. The molecule has 0 amide bonds. The van der Waals surface area contributed by atoms with Gasteiger partial charge in [0.1, 0.15) is 10.6 Å². The van der Waals surface area contributed by atoms with Crippen LogP contribution in [0.25, 0.3) is 5.69 Å². The molecule has 0 aliphatic carbocycles. The van der Waals surface area contributed by atoms with Crippen molar-refractivity contribution in [3.05, 3.63) is 35.1 Å². The summed E-state index contributed by atoms with van der Waals surface area (Å²) in [4.78, 5) is -0.137. The Balaban J connectivity index is 2.52. The minimum absolute atomic E-state index is 0.0222. The fourth-order valence-corrected chi connectivity index (χ4v) is 3.83. The second-order valence-corrected chi connectivity index (χ2v) is 7.06. The molecule has 2 aromatic rings. The Morgan fingerprint density at radius 1 is 1.24 bits per heavy atom. The molecule has 1 aromatic heterocycles. The maximum atomic E-state index is 11.6. The molecule has 114 valence electrons. The van der Waals surface area contributed by atoms with Gasteiger partial charge in [0, 0.05) is 10.7 Å². The average molecular weight is 349 g/mol. The van der Waals surface area contributed by atoms with E-state index in [9.17, 15) is 8.42 Å². The number of aryl methyl sites for hydroxylation is 1. The number of ether oxygens (including phenoxy) is 1. The molecule has 5 nitrogen and oxygen atoms in total. The Hall–Kier alpha value is -1.24. The highest BCUT2D eigenvalue weighted by molar-refractivity contribution is 8.13. The number of nitrogens with zero attached hydrogens (tertiary/aromatic N) is 2. The molecule has 0 atom stereocenters. The van der Waals surface area contributed by atoms with Gasteiger partial charge in [-0.15, -0.1) is 0 Å². The normalized spacial score (nSPS) is 11.6. The highest BCUT2D eigenvalue weighted by atomic mass is 35.7. The molecular formula is C13H14Cl2N2O3S. The molecule has 1 heterocycles. The van der Waals surface area contributed by atoms with Gasteiger partial charge in [-0.1, -0.05) is 18.5 Å². The molecular weight excluding hydrogens is 335 g/mol. The van der Waals surface area contributed by atoms with Crippen LogP contribution in [0.3, 0.4) is 0 Å². The smallest absolute Gasteiger partial charge is 0.266 e. The van der Waals surface area contributed by atoms with Crippen molar-refractivity contribution in [3.63, 3.8) is 0 Å². The second kappa shape index (κ2) is 6.25. The van der Waals surface area contributed by atoms with E-state index < -0.39 is 9.05 Å². The highest BCUT2D eigenvalue weighted by Gasteiger charge is 2.26. The van der Waals surface area contributed by atoms with Gasteiger partial charge in [0.2, 0.25) is 0 Å². The molecule has 0 fully saturated rings. The zero-order chi connectivity index (χ0) is 15.6. The number of rotatable bonds is 5. The Kier molecular flexibility index (Phi) is 4.81. The molecule has 0 spiro atoms. The van der Waals surface area contributed by atoms with Gasteiger partial charge >= 0.3 is 0 Å². The van der Waals surface area contributed by atoms with Gasteiger partial charge < -0.3 is 4.74 Å². The van der Waals surface area contributed by atoms with Gasteiger partial charge in [-0.3, -0.25) is 0 Å². The summed E-state index contributed by atoms with van der Waals surface area (Å²) in [5, 5.41) is 4.20. The summed E-state index contributed by atoms with van der Waals surface area (Å²) in [6.07, 6.45) is 0.408. The molecule has 0 N–H and O–H groups in total. The van der Waals surface area contributed by atoms with Gasteiger partial charge in [-0.05, 0) is 37.6 Å². The maximum Gasteiger partial charge on any atom is 0.266 e. The number of hydrogen-bond donors (Lipinski definition) is 0. The lowest BCUT2D eigenvalue weighted by atomic mass is 10.3. The van der Waals surface area contributed by atoms with Crippen LogP contribution in [0.15, 0.2) is 29.2 Å². The minimum atomic E-state index is -3.95. The molecule has 0 aliphatic rings. The topological polar surface area (TPSA) is 61.2 Å². The highest BCUT2D eigenvalue weighted by Crippen LogP contribution is 2.31. The third kappa shape index (κ3) is 3.33. The van der Waals surface area contributed by atoms with Gasteiger partial charge in [0.25, 0.3) is 9.05 Å². The lowest BCUT2D eigenvalue weighted by Gasteiger charge is -2.06. The molecule has 0 aliphatic heterocycles. The van der Waals surface area contributed by atoms with Crippen molar-refractivity contribution in [2.75, 3.05) is 6.61 Å². The van der Waals surface area contributed by atoms with Crippen molar-refractivity contribution < 1.29 is 13.2 Å². The Labute approximate surface area is 132 Å². The van der Waals surface area contributed by atoms with E-state index in [1.54, 1.807) is 31.2 Å². The van der Waals surface area contributed by atoms with E-state index in [0.717, 1.165) is 0 Å². The molecule has 8 heteroatoms. The van der Waals surface area contributed by atoms with Crippen molar-refractivity contribution in [2.45, 2.75) is 25.2 Å². The van der Waals surface area contributed by atoms with E-state index >= 15 is 0 Å². The largest absolute Gasteiger partial charge is 0.494 e. The first-order valence-electron chi connectivity index (χ1n) is 6.33. The summed E-state index contributed by atoms with van der Waals surface area (Å²) >= 11 is 6.13. The van der Waals surface area contributed by atoms with Crippen LogP contribution >= 0.6 is 22.3 Å². The predicted octanol–water partition coefficient (Wildman–Crippen LogP) is 3.41. The lowest BCUT2D eigenvalue weighted by molar-refractivity contribution is 0.340. The number of benzene rings is 1. The number of hydrogen-bond acceptors (Lipinski definition) is 4. The van der Waals surface area contributed by atoms with Crippen LogP contribution in [-0.4, -0.2) is 24.8 Å². The summed E-state index contributed by atoms with van der Waals surface area (Å²) in [6.45, 7) is 4.24. The van der Waals surface area contributed by atoms with Crippen LogP contribution in [0.1, 0.15) is 19.5 Å². The summed E-state index contributed by atoms with van der Waals surface area (Å²) in [5.41, 5.74) is 0.966. The number of halogens is 2. The Bertz CT molecular complexity index is 740. The van der Waals surface area contributed by atoms with Crippen LogP contribution in [0.2, 0.25) is 5.15 Å². The van der Waals surface area contributed by atoms with E-state index in [4.69, 9.17) is 27.0 Å². The van der Waals surface area contributed by atoms with Crippen molar-refractivity contribution >= 4 is 31.3 Å². The first kappa shape index (κ1) is 16.1. The lowest BCUT2D eigenvalue weighted by Crippen LogP contribution is -1.98. The molecule has 1 aromatic carbocycles. The van der Waals surface area contributed by atoms with Crippen LogP contribution in [0.4, 0.5) is 0 Å². The zero-order valence-corrected chi connectivity index (χ0v) is 13.8. The molecule has 21 heavy (non-hydrogen) atoms. The molecule has 0 saturated heterocycles. The maximum absolute atomic E-state index is 11.6. The first-order valence-corrected chi connectivity index (χ1v) is 9.02. The van der Waals surface area contributed by atoms with Crippen LogP contribution in [0.5, 0.6) is 5.75 Å². The zero-order valence-electron chi connectivity index (χ0n) is 11.5. The summed E-state index contributed by atoms with van der Waals surface area (Å²) in [6, 6.07) is 7.01. The first-order chi connectivity index (χ1) is 9.88. The van der Waals surface area contributed by atoms with E-state index in [1.807, 2.05) is 6.92 Å². The van der Waals surface area contributed by atoms with Crippen molar-refractivity contribution in [1.29, 1.82) is 0 Å². The molecule has 0 saturated carbocycles.